The van der Waals surface area contributed by atoms with Gasteiger partial charge in [0.2, 0.25) is 5.90 Å². The summed E-state index contributed by atoms with van der Waals surface area (Å²) in [6.45, 7) is 1.96. The number of ether oxygens (including phenoxy) is 2. The quantitative estimate of drug-likeness (QED) is 0.552. The molecule has 160 valence electrons. The molecule has 2 aliphatic heterocycles. The highest BCUT2D eigenvalue weighted by Crippen LogP contribution is 2.26. The molecule has 0 saturated carbocycles. The number of para-hydroxylation sites is 2. The minimum atomic E-state index is -2.82. The summed E-state index contributed by atoms with van der Waals surface area (Å²) in [5, 5.41) is 7.97. The largest absolute Gasteiger partial charge is 0.478 e. The van der Waals surface area contributed by atoms with Crippen LogP contribution >= 0.6 is 0 Å². The summed E-state index contributed by atoms with van der Waals surface area (Å²) in [5.74, 6) is -0.687. The Morgan fingerprint density at radius 3 is 2.87 bits per heavy atom. The van der Waals surface area contributed by atoms with Gasteiger partial charge < -0.3 is 20.1 Å². The minimum Gasteiger partial charge on any atom is -0.478 e. The number of carbonyl (C=O) groups excluding carboxylic acids is 1. The fraction of sp³-hybridized carbons (Fsp3) is 0.450. The zero-order chi connectivity index (χ0) is 21.3. The zero-order valence-electron chi connectivity index (χ0n) is 16.3. The summed E-state index contributed by atoms with van der Waals surface area (Å²) in [6, 6.07) is 6.65. The first-order valence-electron chi connectivity index (χ1n) is 9.79. The molecule has 0 radical (unpaired) electrons. The van der Waals surface area contributed by atoms with E-state index in [-0.39, 0.29) is 36.3 Å². The number of carbonyl (C=O) groups is 1. The molecule has 0 spiro atoms. The van der Waals surface area contributed by atoms with Crippen LogP contribution in [0, 0.1) is 11.3 Å². The predicted octanol–water partition coefficient (Wildman–Crippen LogP) is 2.36. The molecule has 1 aromatic carbocycles. The maximum atomic E-state index is 13.4. The van der Waals surface area contributed by atoms with Gasteiger partial charge in [-0.15, -0.1) is 0 Å². The molecule has 0 bridgehead atoms. The Labute approximate surface area is 171 Å². The van der Waals surface area contributed by atoms with Gasteiger partial charge in [0.25, 0.3) is 12.3 Å². The number of nitrogens with one attached hydrogen (secondary N) is 1. The Hall–Kier alpha value is -3.01. The number of nitrogens with two attached hydrogens (primary N) is 1. The Bertz CT molecular complexity index is 978. The fourth-order valence-corrected chi connectivity index (χ4v) is 3.74. The van der Waals surface area contributed by atoms with E-state index in [9.17, 15) is 13.6 Å². The molecule has 4 rings (SSSR count). The van der Waals surface area contributed by atoms with E-state index in [0.717, 1.165) is 17.4 Å². The van der Waals surface area contributed by atoms with Crippen LogP contribution < -0.4 is 5.73 Å². The van der Waals surface area contributed by atoms with Crippen LogP contribution in [0.15, 0.2) is 30.3 Å². The summed E-state index contributed by atoms with van der Waals surface area (Å²) < 4.78 is 38.7. The normalized spacial score (nSPS) is 20.0. The lowest BCUT2D eigenvalue weighted by atomic mass is 10.00. The van der Waals surface area contributed by atoms with Crippen molar-refractivity contribution in [3.8, 4) is 0 Å². The van der Waals surface area contributed by atoms with Crippen LogP contribution in [0.3, 0.4) is 0 Å². The number of amides is 1. The van der Waals surface area contributed by atoms with Crippen LogP contribution in [-0.2, 0) is 14.3 Å². The van der Waals surface area contributed by atoms with Crippen LogP contribution in [0.5, 0.6) is 0 Å². The number of aromatic nitrogens is 2. The fourth-order valence-electron chi connectivity index (χ4n) is 3.74. The van der Waals surface area contributed by atoms with Crippen LogP contribution in [0.25, 0.3) is 16.9 Å². The molecular weight excluding hydrogens is 396 g/mol. The number of nitrogens with zero attached hydrogens (tertiary/aromatic N) is 3. The highest BCUT2D eigenvalue weighted by Gasteiger charge is 2.36. The van der Waals surface area contributed by atoms with Gasteiger partial charge in [-0.05, 0) is 25.0 Å². The van der Waals surface area contributed by atoms with Gasteiger partial charge in [-0.2, -0.15) is 0 Å². The number of halogens is 2. The molecule has 2 aromatic rings. The van der Waals surface area contributed by atoms with E-state index in [1.54, 1.807) is 29.2 Å². The van der Waals surface area contributed by atoms with Crippen molar-refractivity contribution in [3.63, 3.8) is 0 Å². The summed E-state index contributed by atoms with van der Waals surface area (Å²) in [6.07, 6.45) is -0.298. The molecular formula is C20H23F2N5O3. The number of alkyl halides is 2. The second-order valence-corrected chi connectivity index (χ2v) is 7.45. The molecule has 2 saturated heterocycles. The van der Waals surface area contributed by atoms with Crippen LogP contribution in [0.1, 0.15) is 25.1 Å². The number of benzene rings is 1. The predicted molar refractivity (Wildman–Crippen MR) is 106 cm³/mol. The lowest BCUT2D eigenvalue weighted by Crippen LogP contribution is -2.54. The monoisotopic (exact) mass is 419 g/mol. The third kappa shape index (κ3) is 4.00. The van der Waals surface area contributed by atoms with Gasteiger partial charge >= 0.3 is 0 Å². The molecule has 1 aromatic heterocycles. The third-order valence-electron chi connectivity index (χ3n) is 5.27. The Morgan fingerprint density at radius 2 is 2.17 bits per heavy atom. The van der Waals surface area contributed by atoms with E-state index in [0.29, 0.717) is 30.7 Å². The number of rotatable bonds is 6. The van der Waals surface area contributed by atoms with Crippen molar-refractivity contribution in [2.75, 3.05) is 26.3 Å². The van der Waals surface area contributed by atoms with Crippen LogP contribution in [0.4, 0.5) is 8.78 Å². The molecule has 10 heteroatoms. The van der Waals surface area contributed by atoms with Crippen molar-refractivity contribution in [3.05, 3.63) is 36.2 Å². The van der Waals surface area contributed by atoms with Crippen molar-refractivity contribution in [2.45, 2.75) is 25.4 Å². The van der Waals surface area contributed by atoms with Crippen molar-refractivity contribution >= 4 is 28.7 Å². The number of imidazole rings is 1. The van der Waals surface area contributed by atoms with Crippen LogP contribution in [0.2, 0.25) is 0 Å². The van der Waals surface area contributed by atoms with Crippen molar-refractivity contribution in [2.24, 2.45) is 11.7 Å². The lowest BCUT2D eigenvalue weighted by Gasteiger charge is -2.40. The van der Waals surface area contributed by atoms with E-state index >= 15 is 0 Å². The smallest absolute Gasteiger partial charge is 0.296 e. The Kier molecular flexibility index (Phi) is 5.67. The first-order valence-corrected chi connectivity index (χ1v) is 9.79. The van der Waals surface area contributed by atoms with Gasteiger partial charge in [-0.3, -0.25) is 14.8 Å². The molecule has 0 unspecified atom stereocenters. The SMILES string of the molecule is N=C(/C=C(\N)n1c(C(F)F)nc2ccccc21)OCC1CN(C(=O)[C@H]2CCCO2)C1. The van der Waals surface area contributed by atoms with Crippen molar-refractivity contribution in [1.82, 2.24) is 14.5 Å². The molecule has 1 amide bonds. The second-order valence-electron chi connectivity index (χ2n) is 7.45. The van der Waals surface area contributed by atoms with Gasteiger partial charge in [0, 0.05) is 31.7 Å². The van der Waals surface area contributed by atoms with Crippen molar-refractivity contribution in [1.29, 1.82) is 5.41 Å². The Balaban J connectivity index is 1.35. The van der Waals surface area contributed by atoms with Gasteiger partial charge in [0.15, 0.2) is 5.82 Å². The molecule has 2 aliphatic rings. The van der Waals surface area contributed by atoms with Gasteiger partial charge in [-0.1, -0.05) is 12.1 Å². The van der Waals surface area contributed by atoms with Gasteiger partial charge in [-0.25, -0.2) is 13.8 Å². The highest BCUT2D eigenvalue weighted by atomic mass is 19.3. The van der Waals surface area contributed by atoms with E-state index < -0.39 is 12.2 Å². The van der Waals surface area contributed by atoms with E-state index in [4.69, 9.17) is 20.6 Å². The standard InChI is InChI=1S/C20H23F2N5O3/c21-18(22)19-25-13-4-1-2-5-14(13)27(19)16(23)8-17(24)30-11-12-9-26(10-12)20(28)15-6-3-7-29-15/h1-2,4-5,8,12,15,18,24H,3,6-7,9-11,23H2/b16-8+,24-17?/t15-/m1/s1. The molecule has 0 aliphatic carbocycles. The molecule has 2 fully saturated rings. The molecule has 3 heterocycles. The Morgan fingerprint density at radius 1 is 1.40 bits per heavy atom. The first-order chi connectivity index (χ1) is 14.4. The number of fused-ring (bicyclic) bond motifs is 1. The average Bonchev–Trinajstić information content (AvgIpc) is 3.34. The maximum absolute atomic E-state index is 13.4. The average molecular weight is 419 g/mol. The summed E-state index contributed by atoms with van der Waals surface area (Å²) >= 11 is 0. The van der Waals surface area contributed by atoms with E-state index in [1.807, 2.05) is 0 Å². The summed E-state index contributed by atoms with van der Waals surface area (Å²) in [5.41, 5.74) is 6.81. The highest BCUT2D eigenvalue weighted by molar-refractivity contribution is 5.91. The first kappa shape index (κ1) is 20.3. The topological polar surface area (TPSA) is 106 Å². The molecule has 8 nitrogen and oxygen atoms in total. The number of hydrogen-bond acceptors (Lipinski definition) is 6. The third-order valence-corrected chi connectivity index (χ3v) is 5.27. The van der Waals surface area contributed by atoms with E-state index in [2.05, 4.69) is 4.98 Å². The summed E-state index contributed by atoms with van der Waals surface area (Å²) in [4.78, 5) is 17.9. The number of likely N-dealkylation sites (tertiary alicyclic amines) is 1. The van der Waals surface area contributed by atoms with E-state index in [1.165, 1.54) is 6.08 Å². The lowest BCUT2D eigenvalue weighted by molar-refractivity contribution is -0.148. The maximum Gasteiger partial charge on any atom is 0.296 e. The van der Waals surface area contributed by atoms with Gasteiger partial charge in [0.1, 0.15) is 11.9 Å². The van der Waals surface area contributed by atoms with Crippen molar-refractivity contribution < 1.29 is 23.0 Å². The zero-order valence-corrected chi connectivity index (χ0v) is 16.3. The molecule has 1 atom stereocenters. The minimum absolute atomic E-state index is 0.00878. The molecule has 3 N–H and O–H groups in total. The summed E-state index contributed by atoms with van der Waals surface area (Å²) in [7, 11) is 0. The number of hydrogen-bond donors (Lipinski definition) is 2. The van der Waals surface area contributed by atoms with Crippen LogP contribution in [-0.4, -0.2) is 58.7 Å². The molecule has 30 heavy (non-hydrogen) atoms. The van der Waals surface area contributed by atoms with Gasteiger partial charge in [0.05, 0.1) is 17.6 Å². The second kappa shape index (κ2) is 8.39.